The molecule has 3 fully saturated rings. The molecule has 0 aromatic rings. The van der Waals surface area contributed by atoms with E-state index in [1.165, 1.54) is 45.3 Å². The lowest BCUT2D eigenvalue weighted by Gasteiger charge is -2.41. The first-order valence-electron chi connectivity index (χ1n) is 5.94. The van der Waals surface area contributed by atoms with Gasteiger partial charge >= 0.3 is 0 Å². The predicted molar refractivity (Wildman–Crippen MR) is 61.6 cm³/mol. The Morgan fingerprint density at radius 2 is 2.36 bits per heavy atom. The summed E-state index contributed by atoms with van der Waals surface area (Å²) in [7, 11) is 0. The Balaban J connectivity index is 1.72. The molecule has 3 unspecified atom stereocenters. The number of nitrogens with one attached hydrogen (secondary N) is 1. The van der Waals surface area contributed by atoms with Crippen molar-refractivity contribution in [1.82, 2.24) is 10.2 Å². The molecule has 3 aliphatic heterocycles. The van der Waals surface area contributed by atoms with Gasteiger partial charge in [0.25, 0.3) is 0 Å². The molecule has 14 heavy (non-hydrogen) atoms. The molecule has 3 saturated heterocycles. The molecule has 1 spiro atoms. The van der Waals surface area contributed by atoms with Crippen molar-refractivity contribution in [2.45, 2.75) is 48.8 Å². The lowest BCUT2D eigenvalue weighted by Crippen LogP contribution is -2.51. The summed E-state index contributed by atoms with van der Waals surface area (Å²) in [5, 5.41) is 4.59. The molecule has 0 amide bonds. The first-order chi connectivity index (χ1) is 6.77. The van der Waals surface area contributed by atoms with Gasteiger partial charge in [0.2, 0.25) is 0 Å². The SMILES string of the molecule is CC1CNC2(CCN3CCCC3C2)S1. The van der Waals surface area contributed by atoms with Crippen LogP contribution in [0.2, 0.25) is 0 Å². The van der Waals surface area contributed by atoms with Crippen LogP contribution in [-0.2, 0) is 0 Å². The molecule has 1 N–H and O–H groups in total. The highest BCUT2D eigenvalue weighted by Gasteiger charge is 2.45. The molecule has 0 radical (unpaired) electrons. The fourth-order valence-corrected chi connectivity index (χ4v) is 4.89. The molecular weight excluding hydrogens is 192 g/mol. The first-order valence-corrected chi connectivity index (χ1v) is 6.82. The van der Waals surface area contributed by atoms with Crippen LogP contribution >= 0.6 is 11.8 Å². The third kappa shape index (κ3) is 1.50. The van der Waals surface area contributed by atoms with E-state index < -0.39 is 0 Å². The predicted octanol–water partition coefficient (Wildman–Crippen LogP) is 1.67. The van der Waals surface area contributed by atoms with Gasteiger partial charge in [-0.3, -0.25) is 0 Å². The molecule has 0 saturated carbocycles. The molecule has 0 aromatic carbocycles. The molecule has 0 aliphatic carbocycles. The summed E-state index contributed by atoms with van der Waals surface area (Å²) in [6, 6.07) is 0.897. The quantitative estimate of drug-likeness (QED) is 0.657. The van der Waals surface area contributed by atoms with Crippen molar-refractivity contribution < 1.29 is 0 Å². The highest BCUT2D eigenvalue weighted by molar-refractivity contribution is 8.01. The Kier molecular flexibility index (Phi) is 2.30. The van der Waals surface area contributed by atoms with Gasteiger partial charge < -0.3 is 10.2 Å². The summed E-state index contributed by atoms with van der Waals surface area (Å²) < 4.78 is 0. The van der Waals surface area contributed by atoms with Crippen LogP contribution in [0.5, 0.6) is 0 Å². The van der Waals surface area contributed by atoms with E-state index in [1.54, 1.807) is 0 Å². The number of piperidine rings is 1. The van der Waals surface area contributed by atoms with Gasteiger partial charge in [-0.25, -0.2) is 0 Å². The highest BCUT2D eigenvalue weighted by atomic mass is 32.2. The Labute approximate surface area is 90.8 Å². The van der Waals surface area contributed by atoms with Crippen molar-refractivity contribution in [3.63, 3.8) is 0 Å². The molecule has 3 rings (SSSR count). The maximum absolute atomic E-state index is 3.77. The van der Waals surface area contributed by atoms with E-state index in [4.69, 9.17) is 0 Å². The molecule has 0 aromatic heterocycles. The van der Waals surface area contributed by atoms with E-state index in [1.807, 2.05) is 0 Å². The van der Waals surface area contributed by atoms with Crippen LogP contribution in [0.25, 0.3) is 0 Å². The van der Waals surface area contributed by atoms with Gasteiger partial charge in [-0.2, -0.15) is 0 Å². The molecule has 80 valence electrons. The zero-order valence-corrected chi connectivity index (χ0v) is 9.78. The number of fused-ring (bicyclic) bond motifs is 1. The molecule has 0 bridgehead atoms. The lowest BCUT2D eigenvalue weighted by molar-refractivity contribution is 0.157. The molecule has 3 heterocycles. The Morgan fingerprint density at radius 3 is 3.14 bits per heavy atom. The van der Waals surface area contributed by atoms with Gasteiger partial charge in [0, 0.05) is 24.4 Å². The van der Waals surface area contributed by atoms with E-state index in [0.29, 0.717) is 4.87 Å². The van der Waals surface area contributed by atoms with Gasteiger partial charge in [-0.15, -0.1) is 11.8 Å². The van der Waals surface area contributed by atoms with Crippen LogP contribution in [0, 0.1) is 0 Å². The van der Waals surface area contributed by atoms with Crippen molar-refractivity contribution >= 4 is 11.8 Å². The van der Waals surface area contributed by atoms with Crippen LogP contribution in [0.1, 0.15) is 32.6 Å². The Bertz CT molecular complexity index is 233. The second-order valence-corrected chi connectivity index (χ2v) is 6.91. The van der Waals surface area contributed by atoms with Gasteiger partial charge in [-0.1, -0.05) is 6.92 Å². The van der Waals surface area contributed by atoms with E-state index >= 15 is 0 Å². The minimum absolute atomic E-state index is 0.463. The lowest BCUT2D eigenvalue weighted by atomic mass is 9.97. The average Bonchev–Trinajstić information content (AvgIpc) is 2.74. The zero-order chi connectivity index (χ0) is 9.60. The van der Waals surface area contributed by atoms with Gasteiger partial charge in [0.15, 0.2) is 0 Å². The fourth-order valence-electron chi connectivity index (χ4n) is 3.29. The van der Waals surface area contributed by atoms with Crippen molar-refractivity contribution in [1.29, 1.82) is 0 Å². The van der Waals surface area contributed by atoms with Crippen molar-refractivity contribution in [2.24, 2.45) is 0 Å². The van der Waals surface area contributed by atoms with Crippen LogP contribution in [0.3, 0.4) is 0 Å². The fraction of sp³-hybridized carbons (Fsp3) is 1.00. The van der Waals surface area contributed by atoms with Gasteiger partial charge in [-0.05, 0) is 32.2 Å². The normalized spacial score (nSPS) is 48.6. The van der Waals surface area contributed by atoms with Gasteiger partial charge in [0.1, 0.15) is 0 Å². The Hall–Kier alpha value is 0.270. The summed E-state index contributed by atoms with van der Waals surface area (Å²) in [5.41, 5.74) is 0. The molecule has 3 atom stereocenters. The minimum Gasteiger partial charge on any atom is -0.302 e. The molecule has 2 nitrogen and oxygen atoms in total. The van der Waals surface area contributed by atoms with Gasteiger partial charge in [0.05, 0.1) is 4.87 Å². The molecule has 3 heteroatoms. The average molecular weight is 212 g/mol. The maximum Gasteiger partial charge on any atom is 0.0675 e. The second-order valence-electron chi connectivity index (χ2n) is 5.09. The largest absolute Gasteiger partial charge is 0.302 e. The van der Waals surface area contributed by atoms with Crippen molar-refractivity contribution in [2.75, 3.05) is 19.6 Å². The highest BCUT2D eigenvalue weighted by Crippen LogP contribution is 2.44. The van der Waals surface area contributed by atoms with E-state index in [-0.39, 0.29) is 0 Å². The third-order valence-electron chi connectivity index (χ3n) is 4.01. The van der Waals surface area contributed by atoms with Crippen molar-refractivity contribution in [3.8, 4) is 0 Å². The Morgan fingerprint density at radius 1 is 1.43 bits per heavy atom. The van der Waals surface area contributed by atoms with E-state index in [0.717, 1.165) is 11.3 Å². The minimum atomic E-state index is 0.463. The van der Waals surface area contributed by atoms with Crippen LogP contribution in [-0.4, -0.2) is 40.7 Å². The number of thioether (sulfide) groups is 1. The zero-order valence-electron chi connectivity index (χ0n) is 8.96. The van der Waals surface area contributed by atoms with Crippen LogP contribution in [0.15, 0.2) is 0 Å². The summed E-state index contributed by atoms with van der Waals surface area (Å²) in [4.78, 5) is 3.17. The summed E-state index contributed by atoms with van der Waals surface area (Å²) >= 11 is 2.20. The van der Waals surface area contributed by atoms with E-state index in [9.17, 15) is 0 Å². The van der Waals surface area contributed by atoms with Crippen LogP contribution in [0.4, 0.5) is 0 Å². The number of rotatable bonds is 0. The maximum atomic E-state index is 3.77. The smallest absolute Gasteiger partial charge is 0.0675 e. The van der Waals surface area contributed by atoms with Crippen molar-refractivity contribution in [3.05, 3.63) is 0 Å². The number of hydrogen-bond acceptors (Lipinski definition) is 3. The number of nitrogens with zero attached hydrogens (tertiary/aromatic N) is 1. The number of hydrogen-bond donors (Lipinski definition) is 1. The molecular formula is C11H20N2S. The summed E-state index contributed by atoms with van der Waals surface area (Å²) in [6.07, 6.45) is 5.62. The van der Waals surface area contributed by atoms with E-state index in [2.05, 4.69) is 28.9 Å². The van der Waals surface area contributed by atoms with Crippen LogP contribution < -0.4 is 5.32 Å². The topological polar surface area (TPSA) is 15.3 Å². The first kappa shape index (κ1) is 9.49. The standard InChI is InChI=1S/C11H20N2S/c1-9-8-12-11(14-9)4-6-13-5-2-3-10(13)7-11/h9-10,12H,2-8H2,1H3. The third-order valence-corrected chi connectivity index (χ3v) is 5.54. The summed E-state index contributed by atoms with van der Waals surface area (Å²) in [6.45, 7) is 6.27. The molecule has 3 aliphatic rings. The summed E-state index contributed by atoms with van der Waals surface area (Å²) in [5.74, 6) is 0. The monoisotopic (exact) mass is 212 g/mol. The second kappa shape index (κ2) is 3.39.